The molecule has 0 aromatic carbocycles. The van der Waals surface area contributed by atoms with Crippen LogP contribution in [0.5, 0.6) is 0 Å². The summed E-state index contributed by atoms with van der Waals surface area (Å²) in [7, 11) is 0. The second kappa shape index (κ2) is 8.15. The zero-order valence-electron chi connectivity index (χ0n) is 17.1. The van der Waals surface area contributed by atoms with Crippen molar-refractivity contribution in [1.82, 2.24) is 14.8 Å². The van der Waals surface area contributed by atoms with Gasteiger partial charge in [-0.25, -0.2) is 0 Å². The first-order valence-corrected chi connectivity index (χ1v) is 10.9. The minimum atomic E-state index is 0.0502. The van der Waals surface area contributed by atoms with Crippen LogP contribution in [0.2, 0.25) is 0 Å². The van der Waals surface area contributed by atoms with Gasteiger partial charge in [-0.15, -0.1) is 0 Å². The van der Waals surface area contributed by atoms with Gasteiger partial charge in [0.2, 0.25) is 17.5 Å². The Labute approximate surface area is 176 Å². The molecule has 0 bridgehead atoms. The lowest BCUT2D eigenvalue weighted by Crippen LogP contribution is -2.52. The molecule has 0 N–H and O–H groups in total. The molecule has 158 valence electrons. The van der Waals surface area contributed by atoms with E-state index in [0.29, 0.717) is 30.6 Å². The number of furan rings is 1. The maximum atomic E-state index is 13.0. The predicted molar refractivity (Wildman–Crippen MR) is 110 cm³/mol. The van der Waals surface area contributed by atoms with E-state index in [0.717, 1.165) is 44.9 Å². The van der Waals surface area contributed by atoms with E-state index in [4.69, 9.17) is 8.83 Å². The van der Waals surface area contributed by atoms with Crippen LogP contribution in [0.1, 0.15) is 31.4 Å². The normalized spacial score (nSPS) is 21.0. The Morgan fingerprint density at radius 2 is 1.90 bits per heavy atom. The van der Waals surface area contributed by atoms with Gasteiger partial charge in [-0.3, -0.25) is 9.69 Å². The molecule has 1 amide bonds. The van der Waals surface area contributed by atoms with Gasteiger partial charge >= 0.3 is 0 Å². The smallest absolute Gasteiger partial charge is 0.266 e. The van der Waals surface area contributed by atoms with Gasteiger partial charge < -0.3 is 18.6 Å². The number of nitriles is 1. The number of hydrogen-bond acceptors (Lipinski definition) is 7. The Hall–Kier alpha value is -2.79. The second-order valence-corrected chi connectivity index (χ2v) is 8.59. The van der Waals surface area contributed by atoms with Crippen LogP contribution < -0.4 is 4.90 Å². The minimum Gasteiger partial charge on any atom is -0.459 e. The Morgan fingerprint density at radius 1 is 1.13 bits per heavy atom. The zero-order valence-corrected chi connectivity index (χ0v) is 17.1. The number of aromatic nitrogens is 1. The van der Waals surface area contributed by atoms with Crippen LogP contribution in [-0.2, 0) is 4.79 Å². The fraction of sp³-hybridized carbons (Fsp3) is 0.591. The fourth-order valence-electron chi connectivity index (χ4n) is 4.51. The Morgan fingerprint density at radius 3 is 2.53 bits per heavy atom. The van der Waals surface area contributed by atoms with Crippen molar-refractivity contribution >= 4 is 11.8 Å². The molecule has 8 nitrogen and oxygen atoms in total. The van der Waals surface area contributed by atoms with Crippen molar-refractivity contribution in [3.63, 3.8) is 0 Å². The third-order valence-corrected chi connectivity index (χ3v) is 6.48. The molecular formula is C22H27N5O3. The van der Waals surface area contributed by atoms with Gasteiger partial charge in [-0.05, 0) is 43.7 Å². The average Bonchev–Trinajstić information content (AvgIpc) is 3.27. The Kier molecular flexibility index (Phi) is 5.21. The monoisotopic (exact) mass is 409 g/mol. The van der Waals surface area contributed by atoms with Crippen LogP contribution in [0, 0.1) is 23.2 Å². The minimum absolute atomic E-state index is 0.0502. The number of hydrogen-bond donors (Lipinski definition) is 0. The summed E-state index contributed by atoms with van der Waals surface area (Å²) < 4.78 is 11.2. The van der Waals surface area contributed by atoms with Crippen LogP contribution in [0.25, 0.3) is 11.7 Å². The SMILES string of the molecule is N#Cc1nc(-c2ccco2)oc1N1CCC(C(=O)N2CCN(CC3CC3)CC2)CC1. The molecule has 0 atom stereocenters. The Bertz CT molecular complexity index is 911. The summed E-state index contributed by atoms with van der Waals surface area (Å²) in [6, 6.07) is 5.63. The summed E-state index contributed by atoms with van der Waals surface area (Å²) in [5.74, 6) is 2.53. The van der Waals surface area contributed by atoms with Crippen LogP contribution in [-0.4, -0.2) is 66.5 Å². The molecule has 3 aliphatic rings. The second-order valence-electron chi connectivity index (χ2n) is 8.59. The van der Waals surface area contributed by atoms with E-state index in [9.17, 15) is 10.1 Å². The summed E-state index contributed by atoms with van der Waals surface area (Å²) in [4.78, 5) is 23.9. The summed E-state index contributed by atoms with van der Waals surface area (Å²) in [5.41, 5.74) is 0.262. The van der Waals surface area contributed by atoms with E-state index in [-0.39, 0.29) is 17.5 Å². The highest BCUT2D eigenvalue weighted by atomic mass is 16.4. The number of rotatable bonds is 5. The highest BCUT2D eigenvalue weighted by molar-refractivity contribution is 5.79. The molecule has 30 heavy (non-hydrogen) atoms. The molecule has 1 aliphatic carbocycles. The molecule has 2 aromatic rings. The van der Waals surface area contributed by atoms with E-state index in [1.165, 1.54) is 19.4 Å². The number of carbonyl (C=O) groups is 1. The molecule has 2 aromatic heterocycles. The van der Waals surface area contributed by atoms with E-state index in [1.807, 2.05) is 9.80 Å². The van der Waals surface area contributed by atoms with Crippen molar-refractivity contribution in [2.24, 2.45) is 11.8 Å². The molecule has 2 aliphatic heterocycles. The molecule has 1 saturated carbocycles. The number of anilines is 1. The average molecular weight is 409 g/mol. The Balaban J connectivity index is 1.17. The van der Waals surface area contributed by atoms with Crippen LogP contribution >= 0.6 is 0 Å². The van der Waals surface area contributed by atoms with Gasteiger partial charge in [0.05, 0.1) is 6.26 Å². The van der Waals surface area contributed by atoms with Crippen LogP contribution in [0.15, 0.2) is 27.2 Å². The van der Waals surface area contributed by atoms with Crippen molar-refractivity contribution in [3.05, 3.63) is 24.1 Å². The van der Waals surface area contributed by atoms with Crippen molar-refractivity contribution in [1.29, 1.82) is 5.26 Å². The van der Waals surface area contributed by atoms with Crippen molar-refractivity contribution in [2.45, 2.75) is 25.7 Å². The van der Waals surface area contributed by atoms with Crippen molar-refractivity contribution in [3.8, 4) is 17.7 Å². The summed E-state index contributed by atoms with van der Waals surface area (Å²) >= 11 is 0. The van der Waals surface area contributed by atoms with E-state index in [1.54, 1.807) is 18.4 Å². The molecule has 4 heterocycles. The quantitative estimate of drug-likeness (QED) is 0.750. The number of carbonyl (C=O) groups excluding carboxylic acids is 1. The standard InChI is InChI=1S/C22H27N5O3/c23-14-18-22(30-20(24-18)19-2-1-13-29-19)27-7-5-17(6-8-27)21(28)26-11-9-25(10-12-26)15-16-3-4-16/h1-2,13,16-17H,3-12,15H2. The number of oxazole rings is 1. The fourth-order valence-corrected chi connectivity index (χ4v) is 4.51. The number of amides is 1. The van der Waals surface area contributed by atoms with Gasteiger partial charge in [0, 0.05) is 51.7 Å². The molecule has 0 spiro atoms. The number of piperidine rings is 1. The third kappa shape index (κ3) is 3.94. The van der Waals surface area contributed by atoms with Gasteiger partial charge in [0.1, 0.15) is 6.07 Å². The van der Waals surface area contributed by atoms with Crippen LogP contribution in [0.3, 0.4) is 0 Å². The van der Waals surface area contributed by atoms with E-state index in [2.05, 4.69) is 16.0 Å². The lowest BCUT2D eigenvalue weighted by atomic mass is 9.95. The maximum Gasteiger partial charge on any atom is 0.266 e. The predicted octanol–water partition coefficient (Wildman–Crippen LogP) is 2.58. The van der Waals surface area contributed by atoms with Gasteiger partial charge in [-0.1, -0.05) is 0 Å². The van der Waals surface area contributed by atoms with Gasteiger partial charge in [0.15, 0.2) is 5.76 Å². The highest BCUT2D eigenvalue weighted by Gasteiger charge is 2.33. The first-order chi connectivity index (χ1) is 14.7. The summed E-state index contributed by atoms with van der Waals surface area (Å²) in [5, 5.41) is 9.46. The lowest BCUT2D eigenvalue weighted by molar-refractivity contribution is -0.138. The van der Waals surface area contributed by atoms with E-state index >= 15 is 0 Å². The molecule has 3 fully saturated rings. The van der Waals surface area contributed by atoms with Crippen molar-refractivity contribution in [2.75, 3.05) is 50.7 Å². The van der Waals surface area contributed by atoms with Crippen LogP contribution in [0.4, 0.5) is 5.88 Å². The first-order valence-electron chi connectivity index (χ1n) is 10.9. The largest absolute Gasteiger partial charge is 0.459 e. The molecule has 5 rings (SSSR count). The highest BCUT2D eigenvalue weighted by Crippen LogP contribution is 2.32. The number of nitrogens with zero attached hydrogens (tertiary/aromatic N) is 5. The molecule has 0 radical (unpaired) electrons. The lowest BCUT2D eigenvalue weighted by Gasteiger charge is -2.38. The van der Waals surface area contributed by atoms with Crippen molar-refractivity contribution < 1.29 is 13.6 Å². The first kappa shape index (κ1) is 19.2. The molecule has 0 unspecified atom stereocenters. The molecular weight excluding hydrogens is 382 g/mol. The topological polar surface area (TPSA) is 89.8 Å². The number of piperazine rings is 1. The summed E-state index contributed by atoms with van der Waals surface area (Å²) in [6.45, 7) is 6.26. The van der Waals surface area contributed by atoms with Gasteiger partial charge in [0.25, 0.3) is 5.89 Å². The van der Waals surface area contributed by atoms with Gasteiger partial charge in [-0.2, -0.15) is 10.2 Å². The third-order valence-electron chi connectivity index (χ3n) is 6.48. The maximum absolute atomic E-state index is 13.0. The molecule has 2 saturated heterocycles. The van der Waals surface area contributed by atoms with E-state index < -0.39 is 0 Å². The zero-order chi connectivity index (χ0) is 20.5. The summed E-state index contributed by atoms with van der Waals surface area (Å²) in [6.07, 6.45) is 5.83. The molecule has 8 heteroatoms.